The zero-order chi connectivity index (χ0) is 22.1. The fourth-order valence-corrected chi connectivity index (χ4v) is 3.49. The highest BCUT2D eigenvalue weighted by molar-refractivity contribution is 7.12. The number of thiophene rings is 1. The molecule has 0 saturated heterocycles. The number of unbranched alkanes of at least 4 members (excludes halogenated alkanes) is 1. The molecule has 0 aliphatic rings. The number of hydrogen-bond acceptors (Lipinski definition) is 6. The average molecular weight is 437 g/mol. The zero-order valence-electron chi connectivity index (χ0n) is 17.2. The van der Waals surface area contributed by atoms with Gasteiger partial charge >= 0.3 is 5.97 Å². The van der Waals surface area contributed by atoms with Crippen LogP contribution in [0.1, 0.15) is 50.2 Å². The van der Waals surface area contributed by atoms with E-state index in [-0.39, 0.29) is 17.7 Å². The molecule has 6 nitrogen and oxygen atoms in total. The molecule has 2 aromatic carbocycles. The highest BCUT2D eigenvalue weighted by atomic mass is 32.1. The van der Waals surface area contributed by atoms with Crippen molar-refractivity contribution in [1.29, 1.82) is 0 Å². The average Bonchev–Trinajstić information content (AvgIpc) is 3.34. The lowest BCUT2D eigenvalue weighted by atomic mass is 10.1. The Bertz CT molecular complexity index is 1000. The summed E-state index contributed by atoms with van der Waals surface area (Å²) in [5, 5.41) is 7.62. The smallest absolute Gasteiger partial charge is 0.338 e. The fourth-order valence-electron chi connectivity index (χ4n) is 2.79. The number of carbonyl (C=O) groups excluding carboxylic acids is 3. The van der Waals surface area contributed by atoms with E-state index in [1.165, 1.54) is 11.3 Å². The van der Waals surface area contributed by atoms with Crippen LogP contribution in [-0.4, -0.2) is 30.4 Å². The van der Waals surface area contributed by atoms with E-state index in [4.69, 9.17) is 4.74 Å². The topological polar surface area (TPSA) is 84.5 Å². The van der Waals surface area contributed by atoms with Crippen molar-refractivity contribution in [1.82, 2.24) is 5.32 Å². The molecule has 0 bridgehead atoms. The van der Waals surface area contributed by atoms with Gasteiger partial charge in [-0.1, -0.05) is 37.6 Å². The van der Waals surface area contributed by atoms with Crippen LogP contribution in [0, 0.1) is 0 Å². The van der Waals surface area contributed by atoms with Gasteiger partial charge in [0.25, 0.3) is 5.91 Å². The lowest BCUT2D eigenvalue weighted by Crippen LogP contribution is -2.46. The Morgan fingerprint density at radius 2 is 1.68 bits per heavy atom. The first kappa shape index (κ1) is 22.2. The Balaban J connectivity index is 1.73. The summed E-state index contributed by atoms with van der Waals surface area (Å²) < 4.78 is 5.21. The van der Waals surface area contributed by atoms with E-state index in [0.717, 1.165) is 12.8 Å². The van der Waals surface area contributed by atoms with Crippen LogP contribution in [0.25, 0.3) is 0 Å². The molecule has 2 N–H and O–H groups in total. The third-order valence-corrected chi connectivity index (χ3v) is 5.38. The molecule has 1 aromatic heterocycles. The van der Waals surface area contributed by atoms with Crippen LogP contribution in [-0.2, 0) is 4.74 Å². The maximum atomic E-state index is 13.0. The molecule has 3 rings (SSSR count). The van der Waals surface area contributed by atoms with Gasteiger partial charge in [0.05, 0.1) is 17.0 Å². The van der Waals surface area contributed by atoms with Gasteiger partial charge in [0.1, 0.15) is 0 Å². The summed E-state index contributed by atoms with van der Waals surface area (Å²) in [5.41, 5.74) is 1.47. The predicted molar refractivity (Wildman–Crippen MR) is 122 cm³/mol. The number of benzene rings is 2. The second-order valence-electron chi connectivity index (χ2n) is 6.83. The van der Waals surface area contributed by atoms with Gasteiger partial charge in [-0.25, -0.2) is 4.79 Å². The van der Waals surface area contributed by atoms with Gasteiger partial charge in [-0.2, -0.15) is 0 Å². The van der Waals surface area contributed by atoms with Crippen molar-refractivity contribution in [3.05, 3.63) is 88.1 Å². The summed E-state index contributed by atoms with van der Waals surface area (Å²) in [5.74, 6) is -0.995. The number of anilines is 1. The molecule has 7 heteroatoms. The van der Waals surface area contributed by atoms with Crippen molar-refractivity contribution in [3.8, 4) is 0 Å². The summed E-state index contributed by atoms with van der Waals surface area (Å²) in [6, 6.07) is 18.8. The van der Waals surface area contributed by atoms with Crippen LogP contribution in [0.15, 0.2) is 72.1 Å². The maximum absolute atomic E-state index is 13.0. The molecule has 1 heterocycles. The summed E-state index contributed by atoms with van der Waals surface area (Å²) >= 11 is 1.31. The van der Waals surface area contributed by atoms with E-state index < -0.39 is 6.17 Å². The first-order valence-corrected chi connectivity index (χ1v) is 10.9. The predicted octanol–water partition coefficient (Wildman–Crippen LogP) is 4.76. The molecule has 0 aliphatic heterocycles. The Labute approximate surface area is 185 Å². The molecular formula is C24H24N2O4S. The number of hydrogen-bond donors (Lipinski definition) is 2. The second kappa shape index (κ2) is 11.1. The molecule has 0 spiro atoms. The molecule has 3 aromatic rings. The molecule has 0 aliphatic carbocycles. The van der Waals surface area contributed by atoms with Crippen molar-refractivity contribution in [2.45, 2.75) is 25.9 Å². The summed E-state index contributed by atoms with van der Waals surface area (Å²) in [6.07, 6.45) is 0.803. The molecule has 0 radical (unpaired) electrons. The summed E-state index contributed by atoms with van der Waals surface area (Å²) in [7, 11) is 0. The van der Waals surface area contributed by atoms with Crippen molar-refractivity contribution < 1.29 is 19.1 Å². The molecule has 0 saturated carbocycles. The van der Waals surface area contributed by atoms with Gasteiger partial charge in [-0.15, -0.1) is 11.3 Å². The van der Waals surface area contributed by atoms with E-state index in [1.807, 2.05) is 18.4 Å². The quantitative estimate of drug-likeness (QED) is 0.207. The van der Waals surface area contributed by atoms with Gasteiger partial charge in [0, 0.05) is 11.3 Å². The zero-order valence-corrected chi connectivity index (χ0v) is 18.0. The van der Waals surface area contributed by atoms with Crippen LogP contribution in [0.2, 0.25) is 0 Å². The molecular weight excluding hydrogens is 412 g/mol. The minimum atomic E-state index is -0.964. The van der Waals surface area contributed by atoms with E-state index in [9.17, 15) is 14.4 Å². The fraction of sp³-hybridized carbons (Fsp3) is 0.208. The number of rotatable bonds is 10. The third kappa shape index (κ3) is 6.26. The monoisotopic (exact) mass is 436 g/mol. The summed E-state index contributed by atoms with van der Waals surface area (Å²) in [4.78, 5) is 38.2. The summed E-state index contributed by atoms with van der Waals surface area (Å²) in [6.45, 7) is 2.41. The van der Waals surface area contributed by atoms with Crippen molar-refractivity contribution in [2.24, 2.45) is 0 Å². The Hall–Kier alpha value is -3.45. The molecule has 160 valence electrons. The molecule has 1 atom stereocenters. The van der Waals surface area contributed by atoms with E-state index in [0.29, 0.717) is 28.3 Å². The van der Waals surface area contributed by atoms with Gasteiger partial charge in [-0.05, 0) is 54.3 Å². The van der Waals surface area contributed by atoms with Crippen LogP contribution in [0.5, 0.6) is 0 Å². The highest BCUT2D eigenvalue weighted by Gasteiger charge is 2.23. The lowest BCUT2D eigenvalue weighted by molar-refractivity contribution is 0.0499. The molecule has 1 unspecified atom stereocenters. The van der Waals surface area contributed by atoms with Crippen LogP contribution < -0.4 is 10.6 Å². The molecule has 31 heavy (non-hydrogen) atoms. The number of nitrogens with one attached hydrogen (secondary N) is 2. The Morgan fingerprint density at radius 1 is 0.935 bits per heavy atom. The standard InChI is InChI=1S/C24H24N2O4S/c1-2-3-15-30-24(29)18-11-13-19(14-12-18)25-22(21(27)20-10-7-16-31-20)26-23(28)17-8-5-4-6-9-17/h4-14,16,22,25H,2-3,15H2,1H3,(H,26,28). The lowest BCUT2D eigenvalue weighted by Gasteiger charge is -2.20. The third-order valence-electron chi connectivity index (χ3n) is 4.50. The molecule has 1 amide bonds. The minimum absolute atomic E-state index is 0.248. The van der Waals surface area contributed by atoms with Gasteiger partial charge in [-0.3, -0.25) is 9.59 Å². The van der Waals surface area contributed by atoms with Crippen LogP contribution in [0.3, 0.4) is 0 Å². The number of ketones is 1. The SMILES string of the molecule is CCCCOC(=O)c1ccc(NC(NC(=O)c2ccccc2)C(=O)c2cccs2)cc1. The number of Topliss-reactive ketones (excluding diaryl/α,β-unsaturated/α-hetero) is 1. The number of amides is 1. The van der Waals surface area contributed by atoms with Crippen molar-refractivity contribution in [2.75, 3.05) is 11.9 Å². The van der Waals surface area contributed by atoms with Crippen LogP contribution in [0.4, 0.5) is 5.69 Å². The Kier molecular flexibility index (Phi) is 7.95. The van der Waals surface area contributed by atoms with Gasteiger partial charge in [0.2, 0.25) is 5.78 Å². The van der Waals surface area contributed by atoms with Gasteiger partial charge < -0.3 is 15.4 Å². The minimum Gasteiger partial charge on any atom is -0.462 e. The normalized spacial score (nSPS) is 11.4. The number of carbonyl (C=O) groups is 3. The van der Waals surface area contributed by atoms with E-state index in [1.54, 1.807) is 60.7 Å². The van der Waals surface area contributed by atoms with Gasteiger partial charge in [0.15, 0.2) is 6.17 Å². The number of ether oxygens (including phenoxy) is 1. The largest absolute Gasteiger partial charge is 0.462 e. The second-order valence-corrected chi connectivity index (χ2v) is 7.77. The van der Waals surface area contributed by atoms with E-state index >= 15 is 0 Å². The Morgan fingerprint density at radius 3 is 2.32 bits per heavy atom. The van der Waals surface area contributed by atoms with E-state index in [2.05, 4.69) is 10.6 Å². The number of esters is 1. The van der Waals surface area contributed by atoms with Crippen molar-refractivity contribution >= 4 is 34.7 Å². The van der Waals surface area contributed by atoms with Crippen LogP contribution >= 0.6 is 11.3 Å². The first-order valence-electron chi connectivity index (χ1n) is 10.1. The molecule has 0 fully saturated rings. The van der Waals surface area contributed by atoms with Crippen molar-refractivity contribution in [3.63, 3.8) is 0 Å². The first-order chi connectivity index (χ1) is 15.1. The maximum Gasteiger partial charge on any atom is 0.338 e. The highest BCUT2D eigenvalue weighted by Crippen LogP contribution is 2.16.